The van der Waals surface area contributed by atoms with Crippen LogP contribution in [-0.4, -0.2) is 11.9 Å². The van der Waals surface area contributed by atoms with E-state index in [0.717, 1.165) is 12.0 Å². The van der Waals surface area contributed by atoms with Gasteiger partial charge in [0.15, 0.2) is 0 Å². The lowest BCUT2D eigenvalue weighted by molar-refractivity contribution is 0.0950. The van der Waals surface area contributed by atoms with Crippen LogP contribution in [0.15, 0.2) is 54.6 Å². The second-order valence-corrected chi connectivity index (χ2v) is 5.43. The number of hydrogen-bond donors (Lipinski definition) is 1. The third kappa shape index (κ3) is 2.86. The van der Waals surface area contributed by atoms with E-state index in [0.29, 0.717) is 17.4 Å². The molecular weight excluding hydrogens is 270 g/mol. The Kier molecular flexibility index (Phi) is 3.75. The fraction of sp³-hybridized carbons (Fsp3) is 0.235. The quantitative estimate of drug-likeness (QED) is 0.853. The van der Waals surface area contributed by atoms with Crippen LogP contribution in [0.25, 0.3) is 0 Å². The van der Waals surface area contributed by atoms with Gasteiger partial charge in [0, 0.05) is 23.4 Å². The number of carbonyl (C=O) groups excluding carboxylic acids is 1. The molecule has 1 N–H and O–H groups in total. The fourth-order valence-electron chi connectivity index (χ4n) is 2.47. The Hall–Kier alpha value is -1.80. The highest BCUT2D eigenvalue weighted by Gasteiger charge is 2.39. The summed E-state index contributed by atoms with van der Waals surface area (Å²) in [4.78, 5) is 12.2. The van der Waals surface area contributed by atoms with Crippen molar-refractivity contribution in [2.75, 3.05) is 0 Å². The van der Waals surface area contributed by atoms with Gasteiger partial charge in [0.05, 0.1) is 0 Å². The lowest BCUT2D eigenvalue weighted by Crippen LogP contribution is -2.26. The number of alkyl halides is 1. The normalized spacial score (nSPS) is 20.4. The van der Waals surface area contributed by atoms with E-state index in [4.69, 9.17) is 11.6 Å². The topological polar surface area (TPSA) is 29.1 Å². The van der Waals surface area contributed by atoms with E-state index < -0.39 is 0 Å². The van der Waals surface area contributed by atoms with E-state index in [1.807, 2.05) is 42.5 Å². The van der Waals surface area contributed by atoms with Crippen LogP contribution in [-0.2, 0) is 5.88 Å². The van der Waals surface area contributed by atoms with Gasteiger partial charge in [-0.3, -0.25) is 4.79 Å². The first kappa shape index (κ1) is 13.2. The molecule has 2 atom stereocenters. The van der Waals surface area contributed by atoms with Gasteiger partial charge < -0.3 is 5.32 Å². The minimum Gasteiger partial charge on any atom is -0.349 e. The molecule has 0 radical (unpaired) electrons. The zero-order valence-electron chi connectivity index (χ0n) is 11.1. The van der Waals surface area contributed by atoms with Crippen molar-refractivity contribution >= 4 is 17.5 Å². The molecular formula is C17H16ClNO. The fourth-order valence-corrected chi connectivity index (χ4v) is 2.64. The molecule has 0 spiro atoms. The molecule has 0 heterocycles. The van der Waals surface area contributed by atoms with Crippen LogP contribution in [0.2, 0.25) is 0 Å². The van der Waals surface area contributed by atoms with Crippen molar-refractivity contribution in [2.24, 2.45) is 0 Å². The monoisotopic (exact) mass is 285 g/mol. The highest BCUT2D eigenvalue weighted by atomic mass is 35.5. The highest BCUT2D eigenvalue weighted by Crippen LogP contribution is 2.40. The van der Waals surface area contributed by atoms with Crippen LogP contribution in [0.3, 0.4) is 0 Å². The van der Waals surface area contributed by atoms with Gasteiger partial charge in [-0.1, -0.05) is 42.5 Å². The van der Waals surface area contributed by atoms with Crippen LogP contribution in [0.4, 0.5) is 0 Å². The summed E-state index contributed by atoms with van der Waals surface area (Å²) in [5, 5.41) is 3.09. The van der Waals surface area contributed by atoms with Crippen molar-refractivity contribution in [3.63, 3.8) is 0 Å². The van der Waals surface area contributed by atoms with Crippen molar-refractivity contribution in [3.05, 3.63) is 71.3 Å². The van der Waals surface area contributed by atoms with Gasteiger partial charge in [0.2, 0.25) is 0 Å². The summed E-state index contributed by atoms with van der Waals surface area (Å²) >= 11 is 5.79. The molecule has 0 aromatic heterocycles. The maximum Gasteiger partial charge on any atom is 0.251 e. The highest BCUT2D eigenvalue weighted by molar-refractivity contribution is 6.17. The van der Waals surface area contributed by atoms with Gasteiger partial charge >= 0.3 is 0 Å². The lowest BCUT2D eigenvalue weighted by atomic mass is 10.1. The molecule has 3 rings (SSSR count). The van der Waals surface area contributed by atoms with Gasteiger partial charge in [-0.2, -0.15) is 0 Å². The number of rotatable bonds is 4. The summed E-state index contributed by atoms with van der Waals surface area (Å²) in [5.41, 5.74) is 2.95. The Balaban J connectivity index is 1.63. The summed E-state index contributed by atoms with van der Waals surface area (Å²) in [5.74, 6) is 0.869. The van der Waals surface area contributed by atoms with Crippen LogP contribution in [0, 0.1) is 0 Å². The summed E-state index contributed by atoms with van der Waals surface area (Å²) in [6.45, 7) is 0. The van der Waals surface area contributed by atoms with Gasteiger partial charge in [0.25, 0.3) is 5.91 Å². The summed E-state index contributed by atoms with van der Waals surface area (Å²) in [7, 11) is 0. The molecule has 0 saturated heterocycles. The van der Waals surface area contributed by atoms with Gasteiger partial charge in [0.1, 0.15) is 0 Å². The Morgan fingerprint density at radius 2 is 1.95 bits per heavy atom. The number of amides is 1. The van der Waals surface area contributed by atoms with Crippen LogP contribution in [0.5, 0.6) is 0 Å². The third-order valence-corrected chi connectivity index (χ3v) is 3.99. The van der Waals surface area contributed by atoms with Crippen molar-refractivity contribution in [1.82, 2.24) is 5.32 Å². The average Bonchev–Trinajstić information content (AvgIpc) is 3.27. The van der Waals surface area contributed by atoms with Gasteiger partial charge in [-0.25, -0.2) is 0 Å². The SMILES string of the molecule is O=C(NC1CC1c1ccccc1)c1cccc(CCl)c1. The predicted molar refractivity (Wildman–Crippen MR) is 81.1 cm³/mol. The number of nitrogens with one attached hydrogen (secondary N) is 1. The minimum absolute atomic E-state index is 0.0135. The van der Waals surface area contributed by atoms with E-state index >= 15 is 0 Å². The van der Waals surface area contributed by atoms with E-state index in [-0.39, 0.29) is 11.9 Å². The van der Waals surface area contributed by atoms with Gasteiger partial charge in [-0.15, -0.1) is 11.6 Å². The Morgan fingerprint density at radius 1 is 1.15 bits per heavy atom. The first-order valence-corrected chi connectivity index (χ1v) is 7.32. The van der Waals surface area contributed by atoms with Crippen molar-refractivity contribution < 1.29 is 4.79 Å². The molecule has 1 amide bonds. The molecule has 2 aromatic carbocycles. The molecule has 2 nitrogen and oxygen atoms in total. The molecule has 1 aliphatic rings. The predicted octanol–water partition coefficient (Wildman–Crippen LogP) is 3.71. The molecule has 0 bridgehead atoms. The second-order valence-electron chi connectivity index (χ2n) is 5.17. The van der Waals surface area contributed by atoms with Crippen LogP contribution >= 0.6 is 11.6 Å². The Bertz CT molecular complexity index is 611. The summed E-state index contributed by atoms with van der Waals surface area (Å²) in [6.07, 6.45) is 1.02. The van der Waals surface area contributed by atoms with Crippen molar-refractivity contribution in [3.8, 4) is 0 Å². The van der Waals surface area contributed by atoms with E-state index in [9.17, 15) is 4.79 Å². The largest absolute Gasteiger partial charge is 0.349 e. The molecule has 1 saturated carbocycles. The van der Waals surface area contributed by atoms with Crippen molar-refractivity contribution in [1.29, 1.82) is 0 Å². The first-order valence-electron chi connectivity index (χ1n) is 6.78. The van der Waals surface area contributed by atoms with Crippen molar-refractivity contribution in [2.45, 2.75) is 24.3 Å². The molecule has 20 heavy (non-hydrogen) atoms. The zero-order valence-corrected chi connectivity index (χ0v) is 11.8. The molecule has 102 valence electrons. The summed E-state index contributed by atoms with van der Waals surface area (Å²) in [6, 6.07) is 18.0. The average molecular weight is 286 g/mol. The van der Waals surface area contributed by atoms with Crippen LogP contribution in [0.1, 0.15) is 33.8 Å². The van der Waals surface area contributed by atoms with Gasteiger partial charge in [-0.05, 0) is 29.7 Å². The van der Waals surface area contributed by atoms with E-state index in [1.165, 1.54) is 5.56 Å². The minimum atomic E-state index is -0.0135. The number of hydrogen-bond acceptors (Lipinski definition) is 1. The van der Waals surface area contributed by atoms with E-state index in [2.05, 4.69) is 17.4 Å². The lowest BCUT2D eigenvalue weighted by Gasteiger charge is -2.06. The maximum atomic E-state index is 12.2. The third-order valence-electron chi connectivity index (χ3n) is 3.68. The summed E-state index contributed by atoms with van der Waals surface area (Å²) < 4.78 is 0. The van der Waals surface area contributed by atoms with E-state index in [1.54, 1.807) is 0 Å². The Labute approximate surface area is 123 Å². The Morgan fingerprint density at radius 3 is 2.70 bits per heavy atom. The number of benzene rings is 2. The number of carbonyl (C=O) groups is 1. The first-order chi connectivity index (χ1) is 9.78. The second kappa shape index (κ2) is 5.68. The maximum absolute atomic E-state index is 12.2. The smallest absolute Gasteiger partial charge is 0.251 e. The molecule has 2 unspecified atom stereocenters. The van der Waals surface area contributed by atoms with Crippen LogP contribution < -0.4 is 5.32 Å². The molecule has 0 aliphatic heterocycles. The molecule has 1 fully saturated rings. The molecule has 1 aliphatic carbocycles. The number of halogens is 1. The standard InChI is InChI=1S/C17H16ClNO/c18-11-12-5-4-8-14(9-12)17(20)19-16-10-15(16)13-6-2-1-3-7-13/h1-9,15-16H,10-11H2,(H,19,20). The zero-order chi connectivity index (χ0) is 13.9. The molecule has 3 heteroatoms. The molecule has 2 aromatic rings.